The Bertz CT molecular complexity index is 850. The Kier molecular flexibility index (Phi) is 5.22. The van der Waals surface area contributed by atoms with Gasteiger partial charge < -0.3 is 9.47 Å². The van der Waals surface area contributed by atoms with Crippen molar-refractivity contribution in [3.8, 4) is 33.8 Å². The highest BCUT2D eigenvalue weighted by molar-refractivity contribution is 5.83. The molecule has 0 aliphatic carbocycles. The summed E-state index contributed by atoms with van der Waals surface area (Å²) < 4.78 is 81.4. The molecule has 0 saturated heterocycles. The lowest BCUT2D eigenvalue weighted by atomic mass is 9.94. The van der Waals surface area contributed by atoms with Crippen LogP contribution in [-0.4, -0.2) is 12.7 Å². The van der Waals surface area contributed by atoms with Gasteiger partial charge in [0, 0.05) is 0 Å². The van der Waals surface area contributed by atoms with E-state index in [-0.39, 0.29) is 11.5 Å². The van der Waals surface area contributed by atoms with E-state index < -0.39 is 12.7 Å². The van der Waals surface area contributed by atoms with Crippen LogP contribution in [0.5, 0.6) is 11.5 Å². The Hall–Kier alpha value is -3.16. The minimum atomic E-state index is -4.78. The van der Waals surface area contributed by atoms with Crippen LogP contribution in [0.4, 0.5) is 26.3 Å². The highest BCUT2D eigenvalue weighted by Gasteiger charge is 2.31. The van der Waals surface area contributed by atoms with Crippen LogP contribution in [0.15, 0.2) is 72.8 Å². The van der Waals surface area contributed by atoms with Gasteiger partial charge in [0.1, 0.15) is 11.5 Å². The fourth-order valence-electron chi connectivity index (χ4n) is 2.66. The van der Waals surface area contributed by atoms with Gasteiger partial charge in [-0.3, -0.25) is 0 Å². The van der Waals surface area contributed by atoms with Crippen molar-refractivity contribution in [3.63, 3.8) is 0 Å². The van der Waals surface area contributed by atoms with Gasteiger partial charge >= 0.3 is 12.7 Å². The number of benzene rings is 3. The van der Waals surface area contributed by atoms with E-state index in [0.29, 0.717) is 22.3 Å². The maximum atomic E-state index is 12.3. The molecule has 28 heavy (non-hydrogen) atoms. The number of hydrogen-bond acceptors (Lipinski definition) is 2. The fourth-order valence-corrected chi connectivity index (χ4v) is 2.66. The number of hydrogen-bond donors (Lipinski definition) is 0. The maximum Gasteiger partial charge on any atom is 0.573 e. The van der Waals surface area contributed by atoms with Crippen LogP contribution in [0.2, 0.25) is 0 Å². The highest BCUT2D eigenvalue weighted by Crippen LogP contribution is 2.35. The summed E-state index contributed by atoms with van der Waals surface area (Å²) in [5.74, 6) is -0.690. The molecule has 3 aromatic carbocycles. The first-order valence-electron chi connectivity index (χ1n) is 7.92. The fraction of sp³-hybridized carbons (Fsp3) is 0.100. The molecule has 0 N–H and O–H groups in total. The molecule has 146 valence electrons. The van der Waals surface area contributed by atoms with Crippen molar-refractivity contribution in [3.05, 3.63) is 72.8 Å². The van der Waals surface area contributed by atoms with Crippen molar-refractivity contribution >= 4 is 0 Å². The lowest BCUT2D eigenvalue weighted by molar-refractivity contribution is -0.275. The van der Waals surface area contributed by atoms with E-state index in [2.05, 4.69) is 9.47 Å². The molecule has 0 heterocycles. The Morgan fingerprint density at radius 2 is 0.786 bits per heavy atom. The van der Waals surface area contributed by atoms with Crippen LogP contribution in [0.3, 0.4) is 0 Å². The Morgan fingerprint density at radius 3 is 1.07 bits per heavy atom. The molecule has 3 rings (SSSR count). The van der Waals surface area contributed by atoms with E-state index in [4.69, 9.17) is 0 Å². The minimum Gasteiger partial charge on any atom is -0.406 e. The molecule has 0 unspecified atom stereocenters. The van der Waals surface area contributed by atoms with Gasteiger partial charge in [0.2, 0.25) is 0 Å². The molecule has 3 aromatic rings. The summed E-state index contributed by atoms with van der Waals surface area (Å²) in [6, 6.07) is 17.7. The van der Waals surface area contributed by atoms with Crippen LogP contribution in [-0.2, 0) is 0 Å². The van der Waals surface area contributed by atoms with Crippen LogP contribution in [0, 0.1) is 0 Å². The summed E-state index contributed by atoms with van der Waals surface area (Å²) in [4.78, 5) is 0. The molecule has 0 amide bonds. The van der Waals surface area contributed by atoms with E-state index in [0.717, 1.165) is 0 Å². The van der Waals surface area contributed by atoms with Crippen molar-refractivity contribution in [2.75, 3.05) is 0 Å². The second-order valence-electron chi connectivity index (χ2n) is 5.69. The Morgan fingerprint density at radius 1 is 0.464 bits per heavy atom. The highest BCUT2D eigenvalue weighted by atomic mass is 19.4. The van der Waals surface area contributed by atoms with E-state index in [1.54, 1.807) is 24.3 Å². The van der Waals surface area contributed by atoms with Crippen molar-refractivity contribution in [2.24, 2.45) is 0 Å². The SMILES string of the molecule is FC(F)(F)Oc1ccc(-c2ccccc2-c2ccc(OC(F)(F)F)cc2)cc1. The van der Waals surface area contributed by atoms with Crippen molar-refractivity contribution in [1.82, 2.24) is 0 Å². The molecule has 0 atom stereocenters. The normalized spacial score (nSPS) is 11.9. The van der Waals surface area contributed by atoms with Gasteiger partial charge in [0.25, 0.3) is 0 Å². The molecule has 0 radical (unpaired) electrons. The van der Waals surface area contributed by atoms with Crippen molar-refractivity contribution < 1.29 is 35.8 Å². The first-order valence-corrected chi connectivity index (χ1v) is 7.92. The number of alkyl halides is 6. The predicted molar refractivity (Wildman–Crippen MR) is 90.7 cm³/mol. The zero-order valence-electron chi connectivity index (χ0n) is 14.0. The smallest absolute Gasteiger partial charge is 0.406 e. The van der Waals surface area contributed by atoms with Gasteiger partial charge in [-0.2, -0.15) is 0 Å². The van der Waals surface area contributed by atoms with Gasteiger partial charge in [0.05, 0.1) is 0 Å². The maximum absolute atomic E-state index is 12.3. The van der Waals surface area contributed by atoms with E-state index >= 15 is 0 Å². The third-order valence-electron chi connectivity index (χ3n) is 3.72. The summed E-state index contributed by atoms with van der Waals surface area (Å²) in [5.41, 5.74) is 2.65. The molecular formula is C20H12F6O2. The summed E-state index contributed by atoms with van der Waals surface area (Å²) in [6.07, 6.45) is -9.56. The average molecular weight is 398 g/mol. The average Bonchev–Trinajstić information content (AvgIpc) is 2.60. The molecule has 0 aromatic heterocycles. The Balaban J connectivity index is 1.89. The van der Waals surface area contributed by atoms with Gasteiger partial charge in [-0.05, 0) is 46.5 Å². The summed E-state index contributed by atoms with van der Waals surface area (Å²) in [7, 11) is 0. The van der Waals surface area contributed by atoms with Crippen LogP contribution >= 0.6 is 0 Å². The van der Waals surface area contributed by atoms with Crippen molar-refractivity contribution in [1.29, 1.82) is 0 Å². The van der Waals surface area contributed by atoms with Crippen LogP contribution < -0.4 is 9.47 Å². The topological polar surface area (TPSA) is 18.5 Å². The van der Waals surface area contributed by atoms with Crippen molar-refractivity contribution in [2.45, 2.75) is 12.7 Å². The standard InChI is InChI=1S/C20H12F6O2/c21-19(22,23)27-15-9-5-13(6-10-15)17-3-1-2-4-18(17)14-7-11-16(12-8-14)28-20(24,25)26/h1-12H. The van der Waals surface area contributed by atoms with E-state index in [9.17, 15) is 26.3 Å². The molecular weight excluding hydrogens is 386 g/mol. The number of halogens is 6. The van der Waals surface area contributed by atoms with E-state index in [1.165, 1.54) is 48.5 Å². The summed E-state index contributed by atoms with van der Waals surface area (Å²) in [5, 5.41) is 0. The van der Waals surface area contributed by atoms with Gasteiger partial charge in [0.15, 0.2) is 0 Å². The third kappa shape index (κ3) is 5.18. The zero-order valence-corrected chi connectivity index (χ0v) is 14.0. The first-order chi connectivity index (χ1) is 13.1. The second kappa shape index (κ2) is 7.46. The molecule has 0 aliphatic rings. The number of ether oxygens (including phenoxy) is 2. The second-order valence-corrected chi connectivity index (χ2v) is 5.69. The molecule has 0 saturated carbocycles. The predicted octanol–water partition coefficient (Wildman–Crippen LogP) is 6.82. The lowest BCUT2D eigenvalue weighted by Gasteiger charge is -2.13. The number of rotatable bonds is 4. The van der Waals surface area contributed by atoms with E-state index in [1.807, 2.05) is 0 Å². The quantitative estimate of drug-likeness (QED) is 0.449. The third-order valence-corrected chi connectivity index (χ3v) is 3.72. The van der Waals surface area contributed by atoms with Gasteiger partial charge in [-0.15, -0.1) is 26.3 Å². The molecule has 0 aliphatic heterocycles. The molecule has 0 spiro atoms. The minimum absolute atomic E-state index is 0.345. The monoisotopic (exact) mass is 398 g/mol. The lowest BCUT2D eigenvalue weighted by Crippen LogP contribution is -2.17. The van der Waals surface area contributed by atoms with Crippen LogP contribution in [0.25, 0.3) is 22.3 Å². The summed E-state index contributed by atoms with van der Waals surface area (Å²) >= 11 is 0. The molecule has 2 nitrogen and oxygen atoms in total. The first kappa shape index (κ1) is 19.6. The zero-order chi connectivity index (χ0) is 20.4. The summed E-state index contributed by atoms with van der Waals surface area (Å²) in [6.45, 7) is 0. The molecule has 0 fully saturated rings. The van der Waals surface area contributed by atoms with Gasteiger partial charge in [-0.25, -0.2) is 0 Å². The Labute approximate surface area is 155 Å². The molecule has 8 heteroatoms. The van der Waals surface area contributed by atoms with Crippen LogP contribution in [0.1, 0.15) is 0 Å². The largest absolute Gasteiger partial charge is 0.573 e. The van der Waals surface area contributed by atoms with Gasteiger partial charge in [-0.1, -0.05) is 48.5 Å². The molecule has 0 bridgehead atoms.